The highest BCUT2D eigenvalue weighted by Crippen LogP contribution is 2.38. The number of hydrogen-bond donors (Lipinski definition) is 1. The SMILES string of the molecule is OCCCCN1CCC2C(CCCN2C2CC2)C1. The van der Waals surface area contributed by atoms with E-state index in [1.54, 1.807) is 0 Å². The Balaban J connectivity index is 1.50. The van der Waals surface area contributed by atoms with E-state index in [2.05, 4.69) is 9.80 Å². The molecule has 104 valence electrons. The van der Waals surface area contributed by atoms with Gasteiger partial charge in [-0.3, -0.25) is 4.90 Å². The van der Waals surface area contributed by atoms with Crippen LogP contribution in [0.2, 0.25) is 0 Å². The van der Waals surface area contributed by atoms with Gasteiger partial charge in [0, 0.05) is 25.2 Å². The lowest BCUT2D eigenvalue weighted by Crippen LogP contribution is -2.54. The summed E-state index contributed by atoms with van der Waals surface area (Å²) in [6.45, 7) is 5.54. The van der Waals surface area contributed by atoms with Crippen LogP contribution in [0.15, 0.2) is 0 Å². The maximum absolute atomic E-state index is 8.86. The second-order valence-corrected chi connectivity index (χ2v) is 6.46. The Morgan fingerprint density at radius 3 is 2.67 bits per heavy atom. The van der Waals surface area contributed by atoms with Gasteiger partial charge in [0.2, 0.25) is 0 Å². The number of aliphatic hydroxyl groups excluding tert-OH is 1. The first-order valence-electron chi connectivity index (χ1n) is 7.97. The Bertz CT molecular complexity index is 267. The minimum Gasteiger partial charge on any atom is -0.396 e. The van der Waals surface area contributed by atoms with Gasteiger partial charge in [-0.05, 0) is 70.5 Å². The van der Waals surface area contributed by atoms with E-state index in [1.807, 2.05) is 0 Å². The molecule has 2 unspecified atom stereocenters. The molecule has 3 fully saturated rings. The van der Waals surface area contributed by atoms with Crippen LogP contribution in [-0.4, -0.2) is 59.8 Å². The van der Waals surface area contributed by atoms with Gasteiger partial charge < -0.3 is 10.0 Å². The summed E-state index contributed by atoms with van der Waals surface area (Å²) in [7, 11) is 0. The molecule has 2 saturated heterocycles. The minimum atomic E-state index is 0.356. The van der Waals surface area contributed by atoms with Crippen molar-refractivity contribution in [3.63, 3.8) is 0 Å². The molecule has 3 aliphatic rings. The highest BCUT2D eigenvalue weighted by atomic mass is 16.2. The normalized spacial score (nSPS) is 34.5. The average Bonchev–Trinajstić information content (AvgIpc) is 3.22. The van der Waals surface area contributed by atoms with Crippen LogP contribution < -0.4 is 0 Å². The molecule has 1 N–H and O–H groups in total. The summed E-state index contributed by atoms with van der Waals surface area (Å²) in [5.74, 6) is 0.933. The number of rotatable bonds is 5. The van der Waals surface area contributed by atoms with Crippen LogP contribution >= 0.6 is 0 Å². The maximum Gasteiger partial charge on any atom is 0.0431 e. The molecule has 2 atom stereocenters. The first-order valence-corrected chi connectivity index (χ1v) is 7.97. The second-order valence-electron chi connectivity index (χ2n) is 6.46. The van der Waals surface area contributed by atoms with Crippen molar-refractivity contribution in [2.24, 2.45) is 5.92 Å². The van der Waals surface area contributed by atoms with Crippen molar-refractivity contribution >= 4 is 0 Å². The molecule has 3 nitrogen and oxygen atoms in total. The van der Waals surface area contributed by atoms with Crippen LogP contribution in [0.5, 0.6) is 0 Å². The lowest BCUT2D eigenvalue weighted by Gasteiger charge is -2.47. The van der Waals surface area contributed by atoms with Gasteiger partial charge >= 0.3 is 0 Å². The molecule has 0 spiro atoms. The number of likely N-dealkylation sites (tertiary alicyclic amines) is 2. The standard InChI is InChI=1S/C15H28N2O/c18-11-2-1-8-16-10-7-15-13(12-16)4-3-9-17(15)14-5-6-14/h13-15,18H,1-12H2. The van der Waals surface area contributed by atoms with Crippen molar-refractivity contribution in [2.75, 3.05) is 32.8 Å². The van der Waals surface area contributed by atoms with E-state index in [-0.39, 0.29) is 0 Å². The summed E-state index contributed by atoms with van der Waals surface area (Å²) in [6, 6.07) is 1.86. The quantitative estimate of drug-likeness (QED) is 0.755. The van der Waals surface area contributed by atoms with Gasteiger partial charge in [0.25, 0.3) is 0 Å². The Hall–Kier alpha value is -0.120. The van der Waals surface area contributed by atoms with Gasteiger partial charge in [0.1, 0.15) is 0 Å². The molecule has 1 aliphatic carbocycles. The molecule has 0 amide bonds. The molecular weight excluding hydrogens is 224 g/mol. The fraction of sp³-hybridized carbons (Fsp3) is 1.00. The lowest BCUT2D eigenvalue weighted by molar-refractivity contribution is 0.0173. The third kappa shape index (κ3) is 2.89. The Labute approximate surface area is 111 Å². The molecule has 0 radical (unpaired) electrons. The fourth-order valence-corrected chi connectivity index (χ4v) is 4.03. The van der Waals surface area contributed by atoms with Crippen molar-refractivity contribution in [2.45, 2.75) is 57.0 Å². The molecule has 3 heteroatoms. The highest BCUT2D eigenvalue weighted by Gasteiger charge is 2.41. The predicted octanol–water partition coefficient (Wildman–Crippen LogP) is 1.71. The van der Waals surface area contributed by atoms with Gasteiger partial charge in [-0.1, -0.05) is 0 Å². The molecular formula is C15H28N2O. The summed E-state index contributed by atoms with van der Waals surface area (Å²) >= 11 is 0. The lowest BCUT2D eigenvalue weighted by atomic mass is 9.83. The Morgan fingerprint density at radius 1 is 1.00 bits per heavy atom. The zero-order valence-electron chi connectivity index (χ0n) is 11.6. The molecule has 0 aromatic rings. The van der Waals surface area contributed by atoms with Crippen molar-refractivity contribution in [3.05, 3.63) is 0 Å². The molecule has 0 bridgehead atoms. The monoisotopic (exact) mass is 252 g/mol. The average molecular weight is 252 g/mol. The Morgan fingerprint density at radius 2 is 1.89 bits per heavy atom. The predicted molar refractivity (Wildman–Crippen MR) is 73.6 cm³/mol. The number of piperidine rings is 2. The van der Waals surface area contributed by atoms with Gasteiger partial charge in [0.05, 0.1) is 0 Å². The first kappa shape index (κ1) is 12.9. The summed E-state index contributed by atoms with van der Waals surface area (Å²) in [4.78, 5) is 5.49. The zero-order chi connectivity index (χ0) is 12.4. The van der Waals surface area contributed by atoms with Crippen LogP contribution in [0, 0.1) is 5.92 Å². The maximum atomic E-state index is 8.86. The largest absolute Gasteiger partial charge is 0.396 e. The zero-order valence-corrected chi connectivity index (χ0v) is 11.6. The van der Waals surface area contributed by atoms with Crippen LogP contribution in [-0.2, 0) is 0 Å². The van der Waals surface area contributed by atoms with Crippen LogP contribution in [0.25, 0.3) is 0 Å². The summed E-state index contributed by atoms with van der Waals surface area (Å²) < 4.78 is 0. The summed E-state index contributed by atoms with van der Waals surface area (Å²) in [6.07, 6.45) is 9.32. The van der Waals surface area contributed by atoms with Crippen LogP contribution in [0.1, 0.15) is 44.9 Å². The number of aliphatic hydroxyl groups is 1. The smallest absolute Gasteiger partial charge is 0.0431 e. The minimum absolute atomic E-state index is 0.356. The number of unbranched alkanes of at least 4 members (excludes halogenated alkanes) is 1. The molecule has 0 aromatic carbocycles. The van der Waals surface area contributed by atoms with Crippen LogP contribution in [0.3, 0.4) is 0 Å². The van der Waals surface area contributed by atoms with Gasteiger partial charge in [-0.2, -0.15) is 0 Å². The molecule has 2 aliphatic heterocycles. The van der Waals surface area contributed by atoms with Gasteiger partial charge in [0.15, 0.2) is 0 Å². The second kappa shape index (κ2) is 5.89. The van der Waals surface area contributed by atoms with E-state index in [9.17, 15) is 0 Å². The third-order valence-corrected chi connectivity index (χ3v) is 5.09. The van der Waals surface area contributed by atoms with Crippen molar-refractivity contribution in [3.8, 4) is 0 Å². The third-order valence-electron chi connectivity index (χ3n) is 5.09. The van der Waals surface area contributed by atoms with E-state index < -0.39 is 0 Å². The molecule has 18 heavy (non-hydrogen) atoms. The highest BCUT2D eigenvalue weighted by molar-refractivity contribution is 4.96. The first-order chi connectivity index (χ1) is 8.88. The summed E-state index contributed by atoms with van der Waals surface area (Å²) in [5, 5.41) is 8.86. The molecule has 2 heterocycles. The summed E-state index contributed by atoms with van der Waals surface area (Å²) in [5.41, 5.74) is 0. The van der Waals surface area contributed by atoms with E-state index >= 15 is 0 Å². The van der Waals surface area contributed by atoms with Crippen molar-refractivity contribution in [1.29, 1.82) is 0 Å². The fourth-order valence-electron chi connectivity index (χ4n) is 4.03. The van der Waals surface area contributed by atoms with E-state index in [4.69, 9.17) is 5.11 Å². The van der Waals surface area contributed by atoms with Crippen LogP contribution in [0.4, 0.5) is 0 Å². The van der Waals surface area contributed by atoms with E-state index in [0.29, 0.717) is 6.61 Å². The molecule has 3 rings (SSSR count). The van der Waals surface area contributed by atoms with Gasteiger partial charge in [-0.15, -0.1) is 0 Å². The Kier molecular flexibility index (Phi) is 4.22. The van der Waals surface area contributed by atoms with Crippen molar-refractivity contribution in [1.82, 2.24) is 9.80 Å². The van der Waals surface area contributed by atoms with Crippen molar-refractivity contribution < 1.29 is 5.11 Å². The number of hydrogen-bond acceptors (Lipinski definition) is 3. The number of nitrogens with zero attached hydrogens (tertiary/aromatic N) is 2. The number of fused-ring (bicyclic) bond motifs is 1. The van der Waals surface area contributed by atoms with E-state index in [0.717, 1.165) is 24.4 Å². The molecule has 1 saturated carbocycles. The van der Waals surface area contributed by atoms with Gasteiger partial charge in [-0.25, -0.2) is 0 Å². The van der Waals surface area contributed by atoms with E-state index in [1.165, 1.54) is 64.7 Å². The molecule has 0 aromatic heterocycles. The topological polar surface area (TPSA) is 26.7 Å².